The molecule has 4 heteroatoms. The summed E-state index contributed by atoms with van der Waals surface area (Å²) in [6, 6.07) is 7.75. The largest absolute Gasteiger partial charge is 0.265 e. The summed E-state index contributed by atoms with van der Waals surface area (Å²) in [6.07, 6.45) is 0.518. The van der Waals surface area contributed by atoms with Gasteiger partial charge >= 0.3 is 0 Å². The fourth-order valence-electron chi connectivity index (χ4n) is 0.871. The van der Waals surface area contributed by atoms with Crippen molar-refractivity contribution in [1.82, 2.24) is 0 Å². The first kappa shape index (κ1) is 9.44. The number of halogens is 1. The van der Waals surface area contributed by atoms with Crippen molar-refractivity contribution in [2.75, 3.05) is 6.54 Å². The molecule has 0 N–H and O–H groups in total. The number of benzene rings is 1. The fraction of sp³-hybridized carbons (Fsp3) is 0.250. The lowest BCUT2D eigenvalue weighted by Crippen LogP contribution is -2.03. The van der Waals surface area contributed by atoms with Crippen LogP contribution in [0.15, 0.2) is 24.3 Å². The van der Waals surface area contributed by atoms with Crippen molar-refractivity contribution in [3.8, 4) is 0 Å². The summed E-state index contributed by atoms with van der Waals surface area (Å²) >= 11 is 2.20. The van der Waals surface area contributed by atoms with Crippen LogP contribution in [0.5, 0.6) is 0 Å². The van der Waals surface area contributed by atoms with Crippen LogP contribution in [0.25, 0.3) is 0 Å². The molecule has 0 unspecified atom stereocenters. The van der Waals surface area contributed by atoms with Crippen LogP contribution in [0.1, 0.15) is 5.56 Å². The van der Waals surface area contributed by atoms with Crippen molar-refractivity contribution in [2.24, 2.45) is 0 Å². The van der Waals surface area contributed by atoms with E-state index in [2.05, 4.69) is 22.6 Å². The van der Waals surface area contributed by atoms with Crippen LogP contribution in [0.2, 0.25) is 0 Å². The SMILES string of the molecule is O=[N+]([O-])CCc1ccc(I)cc1. The normalized spacial score (nSPS) is 9.75. The Morgan fingerprint density at radius 1 is 1.33 bits per heavy atom. The molecule has 3 nitrogen and oxygen atoms in total. The van der Waals surface area contributed by atoms with Gasteiger partial charge in [-0.1, -0.05) is 12.1 Å². The van der Waals surface area contributed by atoms with Gasteiger partial charge in [0, 0.05) is 14.9 Å². The van der Waals surface area contributed by atoms with Crippen molar-refractivity contribution in [3.05, 3.63) is 43.5 Å². The van der Waals surface area contributed by atoms with Crippen molar-refractivity contribution >= 4 is 22.6 Å². The smallest absolute Gasteiger partial charge is 0.207 e. The molecule has 0 bridgehead atoms. The van der Waals surface area contributed by atoms with Crippen LogP contribution in [-0.2, 0) is 6.42 Å². The van der Waals surface area contributed by atoms with Crippen molar-refractivity contribution in [2.45, 2.75) is 6.42 Å². The van der Waals surface area contributed by atoms with E-state index in [0.717, 1.165) is 9.13 Å². The molecule has 0 aromatic heterocycles. The van der Waals surface area contributed by atoms with Gasteiger partial charge in [0.1, 0.15) is 0 Å². The first-order valence-electron chi connectivity index (χ1n) is 3.55. The third kappa shape index (κ3) is 3.17. The van der Waals surface area contributed by atoms with Gasteiger partial charge in [-0.05, 0) is 40.3 Å². The molecule has 0 aliphatic carbocycles. The molecule has 64 valence electrons. The van der Waals surface area contributed by atoms with E-state index in [4.69, 9.17) is 0 Å². The molecule has 0 atom stereocenters. The molecular formula is C8H8INO2. The third-order valence-electron chi connectivity index (χ3n) is 1.50. The Balaban J connectivity index is 2.53. The zero-order valence-electron chi connectivity index (χ0n) is 6.37. The second-order valence-corrected chi connectivity index (χ2v) is 3.68. The molecule has 0 aliphatic heterocycles. The van der Waals surface area contributed by atoms with Gasteiger partial charge in [-0.3, -0.25) is 10.1 Å². The average Bonchev–Trinajstić information content (AvgIpc) is 2.03. The number of nitro groups is 1. The fourth-order valence-corrected chi connectivity index (χ4v) is 1.23. The first-order chi connectivity index (χ1) is 5.68. The summed E-state index contributed by atoms with van der Waals surface area (Å²) in [4.78, 5) is 9.75. The zero-order valence-corrected chi connectivity index (χ0v) is 8.52. The van der Waals surface area contributed by atoms with E-state index in [0.29, 0.717) is 6.42 Å². The highest BCUT2D eigenvalue weighted by Gasteiger charge is 1.98. The lowest BCUT2D eigenvalue weighted by atomic mass is 10.2. The van der Waals surface area contributed by atoms with Crippen molar-refractivity contribution in [1.29, 1.82) is 0 Å². The Hall–Kier alpha value is -0.650. The maximum atomic E-state index is 10.0. The van der Waals surface area contributed by atoms with Crippen molar-refractivity contribution < 1.29 is 4.92 Å². The van der Waals surface area contributed by atoms with Gasteiger partial charge in [0.15, 0.2) is 0 Å². The van der Waals surface area contributed by atoms with Gasteiger partial charge in [0.25, 0.3) is 0 Å². The maximum Gasteiger partial charge on any atom is 0.207 e. The van der Waals surface area contributed by atoms with Gasteiger partial charge < -0.3 is 0 Å². The van der Waals surface area contributed by atoms with E-state index in [-0.39, 0.29) is 11.5 Å². The molecule has 0 saturated carbocycles. The number of rotatable bonds is 3. The van der Waals surface area contributed by atoms with E-state index in [1.165, 1.54) is 0 Å². The molecule has 0 radical (unpaired) electrons. The molecule has 0 spiro atoms. The Bertz CT molecular complexity index is 271. The van der Waals surface area contributed by atoms with Gasteiger partial charge in [-0.15, -0.1) is 0 Å². The first-order valence-corrected chi connectivity index (χ1v) is 4.62. The standard InChI is InChI=1S/C8H8INO2/c9-8-3-1-7(2-4-8)5-6-10(11)12/h1-4H,5-6H2. The summed E-state index contributed by atoms with van der Waals surface area (Å²) in [5.74, 6) is 0. The topological polar surface area (TPSA) is 43.1 Å². The van der Waals surface area contributed by atoms with Gasteiger partial charge in [0.2, 0.25) is 6.54 Å². The molecule has 0 aliphatic rings. The minimum atomic E-state index is -0.294. The van der Waals surface area contributed by atoms with E-state index in [1.807, 2.05) is 24.3 Å². The highest BCUT2D eigenvalue weighted by molar-refractivity contribution is 14.1. The van der Waals surface area contributed by atoms with E-state index in [1.54, 1.807) is 0 Å². The number of nitrogens with zero attached hydrogens (tertiary/aromatic N) is 1. The molecule has 1 aromatic rings. The molecule has 1 rings (SSSR count). The lowest BCUT2D eigenvalue weighted by Gasteiger charge is -1.96. The van der Waals surface area contributed by atoms with E-state index < -0.39 is 0 Å². The molecule has 0 heterocycles. The zero-order chi connectivity index (χ0) is 8.97. The molecule has 0 saturated heterocycles. The highest BCUT2D eigenvalue weighted by atomic mass is 127. The Kier molecular flexibility index (Phi) is 3.46. The van der Waals surface area contributed by atoms with Gasteiger partial charge in [-0.2, -0.15) is 0 Å². The summed E-state index contributed by atoms with van der Waals surface area (Å²) in [5, 5.41) is 10.0. The molecule has 1 aromatic carbocycles. The Morgan fingerprint density at radius 3 is 2.42 bits per heavy atom. The van der Waals surface area contributed by atoms with Crippen LogP contribution >= 0.6 is 22.6 Å². The third-order valence-corrected chi connectivity index (χ3v) is 2.22. The molecule has 0 fully saturated rings. The second kappa shape index (κ2) is 4.39. The van der Waals surface area contributed by atoms with Crippen LogP contribution in [0.3, 0.4) is 0 Å². The minimum absolute atomic E-state index is 0.0145. The molecular weight excluding hydrogens is 269 g/mol. The predicted molar refractivity (Wildman–Crippen MR) is 54.7 cm³/mol. The lowest BCUT2D eigenvalue weighted by molar-refractivity contribution is -0.479. The van der Waals surface area contributed by atoms with Gasteiger partial charge in [0.05, 0.1) is 0 Å². The van der Waals surface area contributed by atoms with Crippen molar-refractivity contribution in [3.63, 3.8) is 0 Å². The predicted octanol–water partition coefficient (Wildman–Crippen LogP) is 2.11. The average molecular weight is 277 g/mol. The van der Waals surface area contributed by atoms with E-state index >= 15 is 0 Å². The molecule has 0 amide bonds. The molecule has 12 heavy (non-hydrogen) atoms. The summed E-state index contributed by atoms with van der Waals surface area (Å²) in [5.41, 5.74) is 1.02. The summed E-state index contributed by atoms with van der Waals surface area (Å²) in [6.45, 7) is 0.0145. The Labute approximate surface area is 84.1 Å². The van der Waals surface area contributed by atoms with Crippen LogP contribution < -0.4 is 0 Å². The second-order valence-electron chi connectivity index (χ2n) is 2.43. The number of hydrogen-bond donors (Lipinski definition) is 0. The van der Waals surface area contributed by atoms with Crippen LogP contribution in [0, 0.1) is 13.7 Å². The number of hydrogen-bond acceptors (Lipinski definition) is 2. The van der Waals surface area contributed by atoms with Crippen LogP contribution in [0.4, 0.5) is 0 Å². The maximum absolute atomic E-state index is 10.0. The minimum Gasteiger partial charge on any atom is -0.265 e. The summed E-state index contributed by atoms with van der Waals surface area (Å²) in [7, 11) is 0. The highest BCUT2D eigenvalue weighted by Crippen LogP contribution is 2.06. The van der Waals surface area contributed by atoms with Crippen LogP contribution in [-0.4, -0.2) is 11.5 Å². The Morgan fingerprint density at radius 2 is 1.92 bits per heavy atom. The van der Waals surface area contributed by atoms with E-state index in [9.17, 15) is 10.1 Å². The summed E-state index contributed by atoms with van der Waals surface area (Å²) < 4.78 is 1.15. The van der Waals surface area contributed by atoms with Gasteiger partial charge in [-0.25, -0.2) is 0 Å². The monoisotopic (exact) mass is 277 g/mol. The quantitative estimate of drug-likeness (QED) is 0.482.